The summed E-state index contributed by atoms with van der Waals surface area (Å²) in [5.41, 5.74) is 0. The van der Waals surface area contributed by atoms with Gasteiger partial charge >= 0.3 is 0 Å². The third-order valence-corrected chi connectivity index (χ3v) is 2.47. The molecule has 0 saturated carbocycles. The Morgan fingerprint density at radius 3 is 2.87 bits per heavy atom. The Balaban J connectivity index is 2.56. The van der Waals surface area contributed by atoms with Crippen LogP contribution < -0.4 is 5.32 Å². The highest BCUT2D eigenvalue weighted by Crippen LogP contribution is 2.16. The molecule has 0 aromatic carbocycles. The van der Waals surface area contributed by atoms with Crippen molar-refractivity contribution < 1.29 is 0 Å². The van der Waals surface area contributed by atoms with Gasteiger partial charge in [-0.1, -0.05) is 0 Å². The van der Waals surface area contributed by atoms with E-state index in [1.54, 1.807) is 0 Å². The van der Waals surface area contributed by atoms with Crippen LogP contribution in [0.15, 0.2) is 12.4 Å². The van der Waals surface area contributed by atoms with Gasteiger partial charge in [0.2, 0.25) is 5.95 Å². The van der Waals surface area contributed by atoms with Crippen molar-refractivity contribution in [3.8, 4) is 0 Å². The van der Waals surface area contributed by atoms with Crippen LogP contribution >= 0.6 is 0 Å². The van der Waals surface area contributed by atoms with E-state index < -0.39 is 0 Å². The highest BCUT2D eigenvalue weighted by atomic mass is 15.2. The molecule has 1 heterocycles. The molecule has 0 aliphatic heterocycles. The van der Waals surface area contributed by atoms with E-state index in [-0.39, 0.29) is 0 Å². The first-order chi connectivity index (χ1) is 7.15. The minimum atomic E-state index is 0.490. The van der Waals surface area contributed by atoms with E-state index in [0.29, 0.717) is 6.04 Å². The maximum Gasteiger partial charge on any atom is 0.203 e. The molecule has 4 nitrogen and oxygen atoms in total. The third kappa shape index (κ3) is 3.55. The van der Waals surface area contributed by atoms with Gasteiger partial charge in [0.15, 0.2) is 0 Å². The fraction of sp³-hybridized carbons (Fsp3) is 0.727. The lowest BCUT2D eigenvalue weighted by Crippen LogP contribution is -2.18. The third-order valence-electron chi connectivity index (χ3n) is 2.47. The molecule has 0 saturated heterocycles. The summed E-state index contributed by atoms with van der Waals surface area (Å²) in [4.78, 5) is 6.50. The predicted molar refractivity (Wildman–Crippen MR) is 64.3 cm³/mol. The molecule has 4 heteroatoms. The van der Waals surface area contributed by atoms with E-state index in [9.17, 15) is 0 Å². The number of imidazole rings is 1. The van der Waals surface area contributed by atoms with E-state index in [1.165, 1.54) is 0 Å². The van der Waals surface area contributed by atoms with Crippen LogP contribution in [0.5, 0.6) is 0 Å². The van der Waals surface area contributed by atoms with E-state index in [0.717, 1.165) is 25.5 Å². The van der Waals surface area contributed by atoms with Crippen LogP contribution in [0.1, 0.15) is 26.3 Å². The molecule has 0 bridgehead atoms. The smallest absolute Gasteiger partial charge is 0.203 e. The van der Waals surface area contributed by atoms with Crippen LogP contribution in [0.25, 0.3) is 0 Å². The van der Waals surface area contributed by atoms with Crippen LogP contribution in [0.3, 0.4) is 0 Å². The standard InChI is InChI=1S/C11H22N4/c1-5-12-11-13-7-9-15(11)10(2)6-8-14(3)4/h7,9-10H,5-6,8H2,1-4H3,(H,12,13). The van der Waals surface area contributed by atoms with Crippen LogP contribution in [0.2, 0.25) is 0 Å². The van der Waals surface area contributed by atoms with Crippen LogP contribution in [-0.2, 0) is 0 Å². The second kappa shape index (κ2) is 5.75. The van der Waals surface area contributed by atoms with E-state index in [1.807, 2.05) is 12.4 Å². The fourth-order valence-corrected chi connectivity index (χ4v) is 1.55. The first-order valence-electron chi connectivity index (χ1n) is 5.56. The zero-order chi connectivity index (χ0) is 11.3. The second-order valence-corrected chi connectivity index (χ2v) is 4.13. The molecular weight excluding hydrogens is 188 g/mol. The number of aromatic nitrogens is 2. The van der Waals surface area contributed by atoms with Crippen molar-refractivity contribution >= 4 is 5.95 Å². The zero-order valence-corrected chi connectivity index (χ0v) is 10.2. The Morgan fingerprint density at radius 2 is 2.27 bits per heavy atom. The average Bonchev–Trinajstić information content (AvgIpc) is 2.63. The molecule has 1 N–H and O–H groups in total. The number of hydrogen-bond acceptors (Lipinski definition) is 3. The van der Waals surface area contributed by atoms with Gasteiger partial charge in [0.05, 0.1) is 0 Å². The van der Waals surface area contributed by atoms with Crippen molar-refractivity contribution in [1.82, 2.24) is 14.5 Å². The van der Waals surface area contributed by atoms with Gasteiger partial charge in [0.25, 0.3) is 0 Å². The van der Waals surface area contributed by atoms with Crippen molar-refractivity contribution in [3.05, 3.63) is 12.4 Å². The Labute approximate surface area is 92.3 Å². The quantitative estimate of drug-likeness (QED) is 0.777. The molecule has 1 aromatic heterocycles. The lowest BCUT2D eigenvalue weighted by atomic mass is 10.2. The summed E-state index contributed by atoms with van der Waals surface area (Å²) in [7, 11) is 4.21. The van der Waals surface area contributed by atoms with Gasteiger partial charge in [-0.2, -0.15) is 0 Å². The first kappa shape index (κ1) is 12.0. The van der Waals surface area contributed by atoms with Crippen molar-refractivity contribution in [2.24, 2.45) is 0 Å². The second-order valence-electron chi connectivity index (χ2n) is 4.13. The highest BCUT2D eigenvalue weighted by molar-refractivity contribution is 5.26. The van der Waals surface area contributed by atoms with Gasteiger partial charge in [-0.3, -0.25) is 0 Å². The molecule has 0 spiro atoms. The normalized spacial score (nSPS) is 13.1. The summed E-state index contributed by atoms with van der Waals surface area (Å²) in [5, 5.41) is 3.26. The van der Waals surface area contributed by atoms with Gasteiger partial charge in [-0.05, 0) is 40.9 Å². The zero-order valence-electron chi connectivity index (χ0n) is 10.2. The summed E-state index contributed by atoms with van der Waals surface area (Å²) in [6.07, 6.45) is 5.03. The number of nitrogens with zero attached hydrogens (tertiary/aromatic N) is 3. The fourth-order valence-electron chi connectivity index (χ4n) is 1.55. The van der Waals surface area contributed by atoms with E-state index >= 15 is 0 Å². The van der Waals surface area contributed by atoms with Crippen molar-refractivity contribution in [1.29, 1.82) is 0 Å². The summed E-state index contributed by atoms with van der Waals surface area (Å²) in [6, 6.07) is 0.490. The highest BCUT2D eigenvalue weighted by Gasteiger charge is 2.09. The predicted octanol–water partition coefficient (Wildman–Crippen LogP) is 1.83. The Kier molecular flexibility index (Phi) is 4.62. The molecule has 15 heavy (non-hydrogen) atoms. The summed E-state index contributed by atoms with van der Waals surface area (Å²) in [5.74, 6) is 0.976. The monoisotopic (exact) mass is 210 g/mol. The topological polar surface area (TPSA) is 33.1 Å². The maximum absolute atomic E-state index is 4.29. The molecule has 0 radical (unpaired) electrons. The van der Waals surface area contributed by atoms with Gasteiger partial charge in [-0.25, -0.2) is 4.98 Å². The first-order valence-corrected chi connectivity index (χ1v) is 5.56. The van der Waals surface area contributed by atoms with Gasteiger partial charge < -0.3 is 14.8 Å². The molecule has 1 unspecified atom stereocenters. The molecule has 0 aliphatic carbocycles. The number of hydrogen-bond donors (Lipinski definition) is 1. The minimum Gasteiger partial charge on any atom is -0.356 e. The molecule has 1 rings (SSSR count). The molecular formula is C11H22N4. The van der Waals surface area contributed by atoms with Crippen LogP contribution in [0, 0.1) is 0 Å². The maximum atomic E-state index is 4.29. The molecule has 0 aliphatic rings. The summed E-state index contributed by atoms with van der Waals surface area (Å²) < 4.78 is 2.20. The Morgan fingerprint density at radius 1 is 1.53 bits per heavy atom. The molecule has 0 fully saturated rings. The summed E-state index contributed by atoms with van der Waals surface area (Å²) >= 11 is 0. The number of rotatable bonds is 6. The van der Waals surface area contributed by atoms with Crippen molar-refractivity contribution in [2.45, 2.75) is 26.3 Å². The Hall–Kier alpha value is -1.03. The average molecular weight is 210 g/mol. The number of anilines is 1. The molecule has 1 atom stereocenters. The Bertz CT molecular complexity index is 280. The van der Waals surface area contributed by atoms with Gasteiger partial charge in [0.1, 0.15) is 0 Å². The van der Waals surface area contributed by atoms with E-state index in [4.69, 9.17) is 0 Å². The van der Waals surface area contributed by atoms with Crippen LogP contribution in [-0.4, -0.2) is 41.6 Å². The van der Waals surface area contributed by atoms with Gasteiger partial charge in [-0.15, -0.1) is 0 Å². The lowest BCUT2D eigenvalue weighted by molar-refractivity contribution is 0.359. The van der Waals surface area contributed by atoms with Crippen molar-refractivity contribution in [3.63, 3.8) is 0 Å². The largest absolute Gasteiger partial charge is 0.356 e. The van der Waals surface area contributed by atoms with Crippen LogP contribution in [0.4, 0.5) is 5.95 Å². The van der Waals surface area contributed by atoms with Crippen molar-refractivity contribution in [2.75, 3.05) is 32.5 Å². The SMILES string of the molecule is CCNc1nccn1C(C)CCN(C)C. The minimum absolute atomic E-state index is 0.490. The lowest BCUT2D eigenvalue weighted by Gasteiger charge is -2.18. The molecule has 86 valence electrons. The summed E-state index contributed by atoms with van der Waals surface area (Å²) in [6.45, 7) is 6.33. The molecule has 0 amide bonds. The van der Waals surface area contributed by atoms with Gasteiger partial charge in [0, 0.05) is 25.0 Å². The molecule has 1 aromatic rings. The number of nitrogens with one attached hydrogen (secondary N) is 1. The van der Waals surface area contributed by atoms with E-state index in [2.05, 4.69) is 47.7 Å².